The van der Waals surface area contributed by atoms with Crippen molar-refractivity contribution in [2.45, 2.75) is 57.3 Å². The highest BCUT2D eigenvalue weighted by Crippen LogP contribution is 2.37. The molecule has 1 saturated carbocycles. The number of nitrogens with zero attached hydrogens (tertiary/aromatic N) is 4. The van der Waals surface area contributed by atoms with Crippen molar-refractivity contribution in [3.63, 3.8) is 0 Å². The van der Waals surface area contributed by atoms with Crippen molar-refractivity contribution in [1.29, 1.82) is 0 Å². The fourth-order valence-corrected chi connectivity index (χ4v) is 3.72. The summed E-state index contributed by atoms with van der Waals surface area (Å²) in [6.45, 7) is 4.47. The fraction of sp³-hybridized carbons (Fsp3) is 0.550. The molecule has 4 rings (SSSR count). The maximum Gasteiger partial charge on any atom is 0.132 e. The first-order valence-corrected chi connectivity index (χ1v) is 9.46. The van der Waals surface area contributed by atoms with Gasteiger partial charge in [0, 0.05) is 43.2 Å². The number of aliphatic hydroxyl groups is 1. The molecule has 1 aliphatic carbocycles. The van der Waals surface area contributed by atoms with E-state index in [1.807, 2.05) is 25.3 Å². The second kappa shape index (κ2) is 7.68. The Hall–Kier alpha value is -2.05. The normalized spacial score (nSPS) is 23.7. The summed E-state index contributed by atoms with van der Waals surface area (Å²) in [7, 11) is 0. The molecule has 138 valence electrons. The average molecular weight is 354 g/mol. The summed E-state index contributed by atoms with van der Waals surface area (Å²) in [4.78, 5) is 15.7. The predicted octanol–water partition coefficient (Wildman–Crippen LogP) is 2.60. The standard InChI is InChI=1S/C20H26N4O2/c1-14-22-19(16-9-17(25)10-16)11-20(23-14)24-7-4-18(5-8-24)26-13-15-3-2-6-21-12-15/h2-3,6,11-12,16-18,25H,4-5,7-10,13H2,1H3. The number of aryl methyl sites for hydroxylation is 1. The molecule has 1 aliphatic heterocycles. The van der Waals surface area contributed by atoms with Crippen LogP contribution >= 0.6 is 0 Å². The average Bonchev–Trinajstić information content (AvgIpc) is 2.64. The van der Waals surface area contributed by atoms with Crippen LogP contribution in [0.4, 0.5) is 5.82 Å². The molecule has 2 aromatic heterocycles. The number of rotatable bonds is 5. The molecule has 6 heteroatoms. The predicted molar refractivity (Wildman–Crippen MR) is 99.0 cm³/mol. The van der Waals surface area contributed by atoms with Crippen LogP contribution in [0.2, 0.25) is 0 Å². The summed E-state index contributed by atoms with van der Waals surface area (Å²) >= 11 is 0. The third-order valence-electron chi connectivity index (χ3n) is 5.35. The molecule has 0 unspecified atom stereocenters. The van der Waals surface area contributed by atoms with Gasteiger partial charge in [0.05, 0.1) is 18.8 Å². The maximum absolute atomic E-state index is 9.56. The summed E-state index contributed by atoms with van der Waals surface area (Å²) in [6, 6.07) is 6.10. The first-order valence-electron chi connectivity index (χ1n) is 9.46. The molecule has 2 aliphatic rings. The van der Waals surface area contributed by atoms with Crippen molar-refractivity contribution in [1.82, 2.24) is 15.0 Å². The van der Waals surface area contributed by atoms with Gasteiger partial charge in [0.1, 0.15) is 11.6 Å². The maximum atomic E-state index is 9.56. The van der Waals surface area contributed by atoms with Crippen molar-refractivity contribution in [2.75, 3.05) is 18.0 Å². The molecule has 26 heavy (non-hydrogen) atoms. The van der Waals surface area contributed by atoms with Gasteiger partial charge in [0.25, 0.3) is 0 Å². The lowest BCUT2D eigenvalue weighted by Gasteiger charge is -2.34. The van der Waals surface area contributed by atoms with Crippen molar-refractivity contribution in [2.24, 2.45) is 0 Å². The molecule has 0 radical (unpaired) electrons. The molecule has 2 fully saturated rings. The zero-order valence-corrected chi connectivity index (χ0v) is 15.2. The van der Waals surface area contributed by atoms with E-state index >= 15 is 0 Å². The van der Waals surface area contributed by atoms with Crippen LogP contribution in [0, 0.1) is 6.92 Å². The topological polar surface area (TPSA) is 71.4 Å². The Balaban J connectivity index is 1.33. The van der Waals surface area contributed by atoms with E-state index in [1.165, 1.54) is 0 Å². The van der Waals surface area contributed by atoms with Gasteiger partial charge in [-0.15, -0.1) is 0 Å². The zero-order valence-electron chi connectivity index (χ0n) is 15.2. The minimum Gasteiger partial charge on any atom is -0.393 e. The highest BCUT2D eigenvalue weighted by Gasteiger charge is 2.31. The lowest BCUT2D eigenvalue weighted by Crippen LogP contribution is -2.38. The van der Waals surface area contributed by atoms with Gasteiger partial charge in [-0.05, 0) is 44.2 Å². The highest BCUT2D eigenvalue weighted by molar-refractivity contribution is 5.41. The molecule has 0 amide bonds. The number of aromatic nitrogens is 3. The quantitative estimate of drug-likeness (QED) is 0.890. The van der Waals surface area contributed by atoms with Gasteiger partial charge in [-0.25, -0.2) is 9.97 Å². The second-order valence-corrected chi connectivity index (χ2v) is 7.38. The van der Waals surface area contributed by atoms with Crippen LogP contribution in [0.1, 0.15) is 48.7 Å². The minimum atomic E-state index is -0.161. The van der Waals surface area contributed by atoms with E-state index in [0.717, 1.165) is 61.7 Å². The lowest BCUT2D eigenvalue weighted by molar-refractivity contribution is 0.0249. The van der Waals surface area contributed by atoms with Crippen LogP contribution in [-0.4, -0.2) is 45.4 Å². The van der Waals surface area contributed by atoms with Crippen molar-refractivity contribution in [3.8, 4) is 0 Å². The summed E-state index contributed by atoms with van der Waals surface area (Å²) in [5.41, 5.74) is 2.20. The Morgan fingerprint density at radius 3 is 2.73 bits per heavy atom. The molecule has 2 aromatic rings. The second-order valence-electron chi connectivity index (χ2n) is 7.38. The number of hydrogen-bond donors (Lipinski definition) is 1. The van der Waals surface area contributed by atoms with Crippen LogP contribution in [-0.2, 0) is 11.3 Å². The van der Waals surface area contributed by atoms with E-state index in [0.29, 0.717) is 12.5 Å². The summed E-state index contributed by atoms with van der Waals surface area (Å²) < 4.78 is 6.05. The Kier molecular flexibility index (Phi) is 5.13. The van der Waals surface area contributed by atoms with E-state index in [-0.39, 0.29) is 12.2 Å². The monoisotopic (exact) mass is 354 g/mol. The number of anilines is 1. The number of hydrogen-bond acceptors (Lipinski definition) is 6. The SMILES string of the molecule is Cc1nc(C2CC(O)C2)cc(N2CCC(OCc3cccnc3)CC2)n1. The van der Waals surface area contributed by atoms with Crippen LogP contribution in [0.25, 0.3) is 0 Å². The summed E-state index contributed by atoms with van der Waals surface area (Å²) in [6.07, 6.45) is 7.41. The van der Waals surface area contributed by atoms with Gasteiger partial charge in [-0.1, -0.05) is 6.07 Å². The van der Waals surface area contributed by atoms with Gasteiger partial charge in [-0.2, -0.15) is 0 Å². The number of pyridine rings is 1. The smallest absolute Gasteiger partial charge is 0.132 e. The fourth-order valence-electron chi connectivity index (χ4n) is 3.72. The molecule has 0 atom stereocenters. The molecule has 0 aromatic carbocycles. The molecule has 3 heterocycles. The van der Waals surface area contributed by atoms with Crippen molar-refractivity contribution >= 4 is 5.82 Å². The number of ether oxygens (including phenoxy) is 1. The van der Waals surface area contributed by atoms with Gasteiger partial charge in [0.15, 0.2) is 0 Å². The van der Waals surface area contributed by atoms with Crippen LogP contribution in [0.3, 0.4) is 0 Å². The number of aliphatic hydroxyl groups excluding tert-OH is 1. The van der Waals surface area contributed by atoms with E-state index in [1.54, 1.807) is 6.20 Å². The van der Waals surface area contributed by atoms with Gasteiger partial charge >= 0.3 is 0 Å². The Bertz CT molecular complexity index is 726. The van der Waals surface area contributed by atoms with Crippen molar-refractivity contribution < 1.29 is 9.84 Å². The third kappa shape index (κ3) is 4.02. The van der Waals surface area contributed by atoms with Crippen LogP contribution in [0.15, 0.2) is 30.6 Å². The first-order chi connectivity index (χ1) is 12.7. The third-order valence-corrected chi connectivity index (χ3v) is 5.35. The molecular weight excluding hydrogens is 328 g/mol. The van der Waals surface area contributed by atoms with Crippen LogP contribution in [0.5, 0.6) is 0 Å². The van der Waals surface area contributed by atoms with Crippen LogP contribution < -0.4 is 4.90 Å². The molecule has 6 nitrogen and oxygen atoms in total. The summed E-state index contributed by atoms with van der Waals surface area (Å²) in [5, 5.41) is 9.56. The zero-order chi connectivity index (χ0) is 17.9. The largest absolute Gasteiger partial charge is 0.393 e. The number of piperidine rings is 1. The van der Waals surface area contributed by atoms with Crippen molar-refractivity contribution in [3.05, 3.63) is 47.7 Å². The highest BCUT2D eigenvalue weighted by atomic mass is 16.5. The van der Waals surface area contributed by atoms with E-state index in [9.17, 15) is 5.11 Å². The molecular formula is C20H26N4O2. The Morgan fingerprint density at radius 1 is 1.23 bits per heavy atom. The summed E-state index contributed by atoms with van der Waals surface area (Å²) in [5.74, 6) is 2.21. The van der Waals surface area contributed by atoms with E-state index < -0.39 is 0 Å². The Labute approximate surface area is 154 Å². The van der Waals surface area contributed by atoms with E-state index in [2.05, 4.69) is 25.9 Å². The van der Waals surface area contributed by atoms with Gasteiger partial charge in [0.2, 0.25) is 0 Å². The molecule has 0 spiro atoms. The molecule has 1 saturated heterocycles. The van der Waals surface area contributed by atoms with E-state index in [4.69, 9.17) is 4.74 Å². The minimum absolute atomic E-state index is 0.161. The first kappa shape index (κ1) is 17.4. The lowest BCUT2D eigenvalue weighted by atomic mass is 9.80. The molecule has 0 bridgehead atoms. The molecule has 1 N–H and O–H groups in total. The van der Waals surface area contributed by atoms with Gasteiger partial charge < -0.3 is 14.7 Å². The van der Waals surface area contributed by atoms with Gasteiger partial charge in [-0.3, -0.25) is 4.98 Å². The Morgan fingerprint density at radius 2 is 2.04 bits per heavy atom.